The Labute approximate surface area is 109 Å². The van der Waals surface area contributed by atoms with Crippen molar-refractivity contribution >= 4 is 39.3 Å². The maximum absolute atomic E-state index is 5.73. The number of aryl methyl sites for hydroxylation is 1. The molecule has 0 aromatic carbocycles. The van der Waals surface area contributed by atoms with Crippen LogP contribution in [-0.4, -0.2) is 41.3 Å². The Hall–Kier alpha value is -0.850. The molecular weight excluding hydrogens is 252 g/mol. The van der Waals surface area contributed by atoms with Crippen LogP contribution in [0.1, 0.15) is 4.88 Å². The van der Waals surface area contributed by atoms with E-state index < -0.39 is 0 Å². The third-order valence-electron chi connectivity index (χ3n) is 2.28. The third kappa shape index (κ3) is 3.08. The summed E-state index contributed by atoms with van der Waals surface area (Å²) >= 11 is 3.40. The van der Waals surface area contributed by atoms with Gasteiger partial charge in [0.25, 0.3) is 0 Å². The summed E-state index contributed by atoms with van der Waals surface area (Å²) in [5, 5.41) is 2.13. The van der Waals surface area contributed by atoms with Gasteiger partial charge in [0.05, 0.1) is 0 Å². The number of nitrogen functional groups attached to an aromatic ring is 1. The van der Waals surface area contributed by atoms with Crippen LogP contribution in [0.2, 0.25) is 0 Å². The molecule has 92 valence electrons. The Morgan fingerprint density at radius 3 is 2.88 bits per heavy atom. The molecule has 2 aromatic rings. The number of aromatic nitrogens is 2. The zero-order chi connectivity index (χ0) is 12.4. The van der Waals surface area contributed by atoms with Crippen molar-refractivity contribution in [2.75, 3.05) is 32.1 Å². The molecule has 0 bridgehead atoms. The van der Waals surface area contributed by atoms with Gasteiger partial charge in [0.1, 0.15) is 9.86 Å². The second-order valence-corrected chi connectivity index (χ2v) is 6.43. The summed E-state index contributed by atoms with van der Waals surface area (Å²) in [6.07, 6.45) is 0. The van der Waals surface area contributed by atoms with Gasteiger partial charge >= 0.3 is 0 Å². The molecule has 0 radical (unpaired) electrons. The van der Waals surface area contributed by atoms with Crippen LogP contribution in [0, 0.1) is 6.92 Å². The molecule has 0 aliphatic heterocycles. The van der Waals surface area contributed by atoms with Gasteiger partial charge in [-0.1, -0.05) is 0 Å². The van der Waals surface area contributed by atoms with Gasteiger partial charge in [0.2, 0.25) is 5.95 Å². The largest absolute Gasteiger partial charge is 0.368 e. The van der Waals surface area contributed by atoms with Gasteiger partial charge in [-0.3, -0.25) is 0 Å². The predicted octanol–water partition coefficient (Wildman–Crippen LogP) is 2.24. The maximum atomic E-state index is 5.73. The van der Waals surface area contributed by atoms with Gasteiger partial charge in [-0.15, -0.1) is 23.1 Å². The van der Waals surface area contributed by atoms with E-state index in [-0.39, 0.29) is 0 Å². The van der Waals surface area contributed by atoms with Gasteiger partial charge in [-0.05, 0) is 27.1 Å². The van der Waals surface area contributed by atoms with E-state index in [2.05, 4.69) is 42.0 Å². The van der Waals surface area contributed by atoms with Crippen LogP contribution in [0.25, 0.3) is 10.2 Å². The van der Waals surface area contributed by atoms with Crippen LogP contribution >= 0.6 is 23.1 Å². The van der Waals surface area contributed by atoms with Crippen molar-refractivity contribution in [3.05, 3.63) is 10.9 Å². The van der Waals surface area contributed by atoms with Crippen LogP contribution in [0.3, 0.4) is 0 Å². The molecule has 4 nitrogen and oxygen atoms in total. The van der Waals surface area contributed by atoms with Crippen molar-refractivity contribution in [1.29, 1.82) is 0 Å². The Kier molecular flexibility index (Phi) is 3.86. The molecule has 0 unspecified atom stereocenters. The highest BCUT2D eigenvalue weighted by Gasteiger charge is 2.09. The number of hydrogen-bond acceptors (Lipinski definition) is 6. The van der Waals surface area contributed by atoms with Crippen molar-refractivity contribution in [2.45, 2.75) is 11.9 Å². The van der Waals surface area contributed by atoms with Crippen molar-refractivity contribution in [2.24, 2.45) is 0 Å². The molecule has 2 rings (SSSR count). The lowest BCUT2D eigenvalue weighted by Gasteiger charge is -2.08. The van der Waals surface area contributed by atoms with E-state index in [1.807, 2.05) is 0 Å². The fourth-order valence-electron chi connectivity index (χ4n) is 1.47. The van der Waals surface area contributed by atoms with Crippen molar-refractivity contribution in [3.8, 4) is 0 Å². The summed E-state index contributed by atoms with van der Waals surface area (Å²) in [4.78, 5) is 13.0. The SMILES string of the molecule is Cc1cc2c(SCCN(C)C)nc(N)nc2s1. The topological polar surface area (TPSA) is 55.0 Å². The Morgan fingerprint density at radius 2 is 2.18 bits per heavy atom. The fraction of sp³-hybridized carbons (Fsp3) is 0.455. The minimum absolute atomic E-state index is 0.367. The van der Waals surface area contributed by atoms with E-state index in [0.717, 1.165) is 27.5 Å². The van der Waals surface area contributed by atoms with Crippen molar-refractivity contribution in [3.63, 3.8) is 0 Å². The number of thioether (sulfide) groups is 1. The van der Waals surface area contributed by atoms with Gasteiger partial charge in [-0.25, -0.2) is 9.97 Å². The van der Waals surface area contributed by atoms with Crippen LogP contribution in [0.4, 0.5) is 5.95 Å². The first-order valence-corrected chi connectivity index (χ1v) is 7.17. The standard InChI is InChI=1S/C11H16N4S2/c1-7-6-8-9(16-5-4-15(2)3)13-11(12)14-10(8)17-7/h6H,4-5H2,1-3H3,(H2,12,13,14). The molecule has 0 fully saturated rings. The first kappa shape index (κ1) is 12.6. The van der Waals surface area contributed by atoms with Crippen molar-refractivity contribution in [1.82, 2.24) is 14.9 Å². The number of anilines is 1. The number of hydrogen-bond donors (Lipinski definition) is 1. The lowest BCUT2D eigenvalue weighted by atomic mass is 10.4. The number of thiophene rings is 1. The quantitative estimate of drug-likeness (QED) is 0.681. The Morgan fingerprint density at radius 1 is 1.41 bits per heavy atom. The van der Waals surface area contributed by atoms with Gasteiger partial charge < -0.3 is 10.6 Å². The molecule has 0 atom stereocenters. The summed E-state index contributed by atoms with van der Waals surface area (Å²) in [5.74, 6) is 1.37. The highest BCUT2D eigenvalue weighted by molar-refractivity contribution is 7.99. The van der Waals surface area contributed by atoms with E-state index in [1.54, 1.807) is 23.1 Å². The minimum atomic E-state index is 0.367. The molecule has 17 heavy (non-hydrogen) atoms. The first-order valence-electron chi connectivity index (χ1n) is 5.37. The molecule has 2 N–H and O–H groups in total. The van der Waals surface area contributed by atoms with Crippen LogP contribution in [0.15, 0.2) is 11.1 Å². The molecule has 0 amide bonds. The lowest BCUT2D eigenvalue weighted by molar-refractivity contribution is 0.437. The third-order valence-corrected chi connectivity index (χ3v) is 4.19. The van der Waals surface area contributed by atoms with Crippen LogP contribution in [0.5, 0.6) is 0 Å². The smallest absolute Gasteiger partial charge is 0.222 e. The van der Waals surface area contributed by atoms with Crippen LogP contribution < -0.4 is 5.73 Å². The summed E-state index contributed by atoms with van der Waals surface area (Å²) in [5.41, 5.74) is 5.73. The minimum Gasteiger partial charge on any atom is -0.368 e. The molecule has 6 heteroatoms. The van der Waals surface area contributed by atoms with E-state index in [9.17, 15) is 0 Å². The molecule has 2 heterocycles. The molecule has 0 aliphatic carbocycles. The fourth-order valence-corrected chi connectivity index (χ4v) is 3.54. The molecule has 2 aromatic heterocycles. The number of rotatable bonds is 4. The van der Waals surface area contributed by atoms with E-state index in [1.165, 1.54) is 4.88 Å². The second-order valence-electron chi connectivity index (χ2n) is 4.11. The van der Waals surface area contributed by atoms with E-state index in [0.29, 0.717) is 5.95 Å². The zero-order valence-electron chi connectivity index (χ0n) is 10.2. The molecule has 0 saturated carbocycles. The molecular formula is C11H16N4S2. The monoisotopic (exact) mass is 268 g/mol. The zero-order valence-corrected chi connectivity index (χ0v) is 11.9. The molecule has 0 spiro atoms. The summed E-state index contributed by atoms with van der Waals surface area (Å²) in [6.45, 7) is 3.11. The number of nitrogens with zero attached hydrogens (tertiary/aromatic N) is 3. The molecule has 0 saturated heterocycles. The highest BCUT2D eigenvalue weighted by atomic mass is 32.2. The predicted molar refractivity (Wildman–Crippen MR) is 75.8 cm³/mol. The van der Waals surface area contributed by atoms with Gasteiger partial charge in [0, 0.05) is 22.6 Å². The average Bonchev–Trinajstić information content (AvgIpc) is 2.57. The summed E-state index contributed by atoms with van der Waals surface area (Å²) in [7, 11) is 4.14. The maximum Gasteiger partial charge on any atom is 0.222 e. The Bertz CT molecular complexity index is 521. The van der Waals surface area contributed by atoms with Crippen LogP contribution in [-0.2, 0) is 0 Å². The summed E-state index contributed by atoms with van der Waals surface area (Å²) < 4.78 is 0. The highest BCUT2D eigenvalue weighted by Crippen LogP contribution is 2.31. The Balaban J connectivity index is 2.25. The average molecular weight is 268 g/mol. The first-order chi connectivity index (χ1) is 8.06. The second kappa shape index (κ2) is 5.20. The molecule has 0 aliphatic rings. The normalized spacial score (nSPS) is 11.5. The number of fused-ring (bicyclic) bond motifs is 1. The van der Waals surface area contributed by atoms with E-state index in [4.69, 9.17) is 5.73 Å². The van der Waals surface area contributed by atoms with E-state index >= 15 is 0 Å². The van der Waals surface area contributed by atoms with Gasteiger partial charge in [-0.2, -0.15) is 0 Å². The number of nitrogens with two attached hydrogens (primary N) is 1. The van der Waals surface area contributed by atoms with Crippen molar-refractivity contribution < 1.29 is 0 Å². The van der Waals surface area contributed by atoms with Gasteiger partial charge in [0.15, 0.2) is 0 Å². The lowest BCUT2D eigenvalue weighted by Crippen LogP contribution is -2.14. The summed E-state index contributed by atoms with van der Waals surface area (Å²) in [6, 6.07) is 2.14.